The van der Waals surface area contributed by atoms with Crippen LogP contribution in [0.3, 0.4) is 0 Å². The Labute approximate surface area is 119 Å². The minimum Gasteiger partial charge on any atom is -0.382 e. The first-order valence-electron chi connectivity index (χ1n) is 7.13. The van der Waals surface area contributed by atoms with Crippen molar-refractivity contribution in [2.75, 3.05) is 25.1 Å². The highest BCUT2D eigenvalue weighted by molar-refractivity contribution is 5.26. The number of nitrogens with one attached hydrogen (secondary N) is 1. The maximum absolute atomic E-state index is 5.32. The van der Waals surface area contributed by atoms with Crippen molar-refractivity contribution >= 4 is 5.95 Å². The van der Waals surface area contributed by atoms with Crippen LogP contribution in [-0.2, 0) is 11.3 Å². The van der Waals surface area contributed by atoms with Gasteiger partial charge in [0.25, 0.3) is 0 Å². The number of hydrogen-bond acceptors (Lipinski definition) is 4. The predicted octanol–water partition coefficient (Wildman–Crippen LogP) is 2.18. The van der Waals surface area contributed by atoms with Crippen LogP contribution in [0.25, 0.3) is 0 Å². The zero-order valence-corrected chi connectivity index (χ0v) is 12.2. The molecule has 0 fully saturated rings. The molecule has 0 amide bonds. The second-order valence-corrected chi connectivity index (χ2v) is 4.71. The molecule has 2 aromatic rings. The van der Waals surface area contributed by atoms with Gasteiger partial charge in [-0.1, -0.05) is 0 Å². The van der Waals surface area contributed by atoms with E-state index in [1.165, 1.54) is 0 Å². The summed E-state index contributed by atoms with van der Waals surface area (Å²) in [7, 11) is 0. The second-order valence-electron chi connectivity index (χ2n) is 4.71. The van der Waals surface area contributed by atoms with Crippen LogP contribution in [-0.4, -0.2) is 39.1 Å². The largest absolute Gasteiger partial charge is 0.382 e. The van der Waals surface area contributed by atoms with Gasteiger partial charge in [-0.2, -0.15) is 5.10 Å². The molecule has 2 rings (SSSR count). The van der Waals surface area contributed by atoms with Crippen molar-refractivity contribution in [3.05, 3.63) is 30.9 Å². The normalized spacial score (nSPS) is 12.5. The summed E-state index contributed by atoms with van der Waals surface area (Å²) < 4.78 is 9.40. The van der Waals surface area contributed by atoms with Gasteiger partial charge in [-0.25, -0.2) is 4.98 Å². The molecule has 0 radical (unpaired) electrons. The number of anilines is 1. The van der Waals surface area contributed by atoms with E-state index in [1.807, 2.05) is 36.3 Å². The zero-order chi connectivity index (χ0) is 14.2. The molecule has 6 nitrogen and oxygen atoms in total. The fourth-order valence-electron chi connectivity index (χ4n) is 2.09. The molecule has 0 aliphatic carbocycles. The maximum atomic E-state index is 5.32. The Morgan fingerprint density at radius 2 is 2.25 bits per heavy atom. The molecule has 0 spiro atoms. The Morgan fingerprint density at radius 3 is 3.00 bits per heavy atom. The van der Waals surface area contributed by atoms with Gasteiger partial charge >= 0.3 is 0 Å². The number of aromatic nitrogens is 4. The maximum Gasteiger partial charge on any atom is 0.203 e. The lowest BCUT2D eigenvalue weighted by Crippen LogP contribution is -2.17. The van der Waals surface area contributed by atoms with Gasteiger partial charge in [0.15, 0.2) is 0 Å². The first-order chi connectivity index (χ1) is 9.81. The molecular formula is C14H23N5O. The summed E-state index contributed by atoms with van der Waals surface area (Å²) in [6, 6.07) is 2.24. The minimum atomic E-state index is 0.298. The molecule has 1 N–H and O–H groups in total. The third kappa shape index (κ3) is 4.09. The molecule has 6 heteroatoms. The molecule has 1 unspecified atom stereocenters. The van der Waals surface area contributed by atoms with Crippen molar-refractivity contribution in [3.8, 4) is 0 Å². The van der Waals surface area contributed by atoms with Crippen molar-refractivity contribution in [2.24, 2.45) is 0 Å². The van der Waals surface area contributed by atoms with Crippen LogP contribution in [0, 0.1) is 0 Å². The zero-order valence-electron chi connectivity index (χ0n) is 12.2. The summed E-state index contributed by atoms with van der Waals surface area (Å²) in [5.74, 6) is 0.904. The standard InChI is InChI=1S/C14H23N5O/c1-3-20-11-5-6-15-14-16-8-10-19(14)13(2)12-18-9-4-7-17-18/h4,7-10,13H,3,5-6,11-12H2,1-2H3,(H,15,16). The highest BCUT2D eigenvalue weighted by atomic mass is 16.5. The van der Waals surface area contributed by atoms with E-state index in [-0.39, 0.29) is 0 Å². The van der Waals surface area contributed by atoms with E-state index >= 15 is 0 Å². The van der Waals surface area contributed by atoms with E-state index < -0.39 is 0 Å². The molecule has 0 aromatic carbocycles. The SMILES string of the molecule is CCOCCCNc1nccn1C(C)Cn1cccn1. The molecule has 110 valence electrons. The predicted molar refractivity (Wildman–Crippen MR) is 78.8 cm³/mol. The van der Waals surface area contributed by atoms with Gasteiger partial charge in [-0.05, 0) is 26.3 Å². The fraction of sp³-hybridized carbons (Fsp3) is 0.571. The molecule has 0 saturated carbocycles. The van der Waals surface area contributed by atoms with Crippen LogP contribution in [0.15, 0.2) is 30.9 Å². The summed E-state index contributed by atoms with van der Waals surface area (Å²) in [6.45, 7) is 7.43. The first-order valence-corrected chi connectivity index (χ1v) is 7.13. The van der Waals surface area contributed by atoms with Gasteiger partial charge < -0.3 is 14.6 Å². The van der Waals surface area contributed by atoms with Crippen LogP contribution in [0.1, 0.15) is 26.3 Å². The van der Waals surface area contributed by atoms with Crippen LogP contribution >= 0.6 is 0 Å². The number of hydrogen-bond donors (Lipinski definition) is 1. The summed E-state index contributed by atoms with van der Waals surface area (Å²) in [6.07, 6.45) is 8.58. The van der Waals surface area contributed by atoms with E-state index in [0.717, 1.165) is 38.7 Å². The summed E-state index contributed by atoms with van der Waals surface area (Å²) in [4.78, 5) is 4.37. The highest BCUT2D eigenvalue weighted by Crippen LogP contribution is 2.15. The van der Waals surface area contributed by atoms with Gasteiger partial charge in [-0.15, -0.1) is 0 Å². The van der Waals surface area contributed by atoms with Gasteiger partial charge in [-0.3, -0.25) is 4.68 Å². The molecule has 0 bridgehead atoms. The van der Waals surface area contributed by atoms with E-state index in [1.54, 1.807) is 6.20 Å². The Bertz CT molecular complexity index is 479. The fourth-order valence-corrected chi connectivity index (χ4v) is 2.09. The Hall–Kier alpha value is -1.82. The van der Waals surface area contributed by atoms with Crippen LogP contribution in [0.4, 0.5) is 5.95 Å². The van der Waals surface area contributed by atoms with Crippen LogP contribution in [0.5, 0.6) is 0 Å². The summed E-state index contributed by atoms with van der Waals surface area (Å²) in [5, 5.41) is 7.59. The molecule has 2 aromatic heterocycles. The third-order valence-corrected chi connectivity index (χ3v) is 3.11. The van der Waals surface area contributed by atoms with Crippen molar-refractivity contribution in [1.29, 1.82) is 0 Å². The van der Waals surface area contributed by atoms with Gasteiger partial charge in [0.1, 0.15) is 0 Å². The van der Waals surface area contributed by atoms with E-state index in [2.05, 4.69) is 26.9 Å². The molecule has 1 atom stereocenters. The molecular weight excluding hydrogens is 254 g/mol. The smallest absolute Gasteiger partial charge is 0.203 e. The molecule has 0 aliphatic heterocycles. The topological polar surface area (TPSA) is 56.9 Å². The first kappa shape index (κ1) is 14.6. The van der Waals surface area contributed by atoms with Crippen molar-refractivity contribution < 1.29 is 4.74 Å². The highest BCUT2D eigenvalue weighted by Gasteiger charge is 2.10. The Balaban J connectivity index is 1.84. The van der Waals surface area contributed by atoms with Crippen molar-refractivity contribution in [2.45, 2.75) is 32.9 Å². The average molecular weight is 277 g/mol. The van der Waals surface area contributed by atoms with Crippen molar-refractivity contribution in [3.63, 3.8) is 0 Å². The monoisotopic (exact) mass is 277 g/mol. The number of imidazole rings is 1. The van der Waals surface area contributed by atoms with Gasteiger partial charge in [0, 0.05) is 44.5 Å². The lowest BCUT2D eigenvalue weighted by Gasteiger charge is -2.17. The lowest BCUT2D eigenvalue weighted by atomic mass is 10.3. The van der Waals surface area contributed by atoms with Crippen molar-refractivity contribution in [1.82, 2.24) is 19.3 Å². The average Bonchev–Trinajstić information content (AvgIpc) is 3.09. The Morgan fingerprint density at radius 1 is 1.35 bits per heavy atom. The minimum absolute atomic E-state index is 0.298. The van der Waals surface area contributed by atoms with Crippen LogP contribution < -0.4 is 5.32 Å². The molecule has 2 heterocycles. The quantitative estimate of drug-likeness (QED) is 0.714. The lowest BCUT2D eigenvalue weighted by molar-refractivity contribution is 0.147. The Kier molecular flexibility index (Phi) is 5.61. The molecule has 0 saturated heterocycles. The second kappa shape index (κ2) is 7.69. The molecule has 0 aliphatic rings. The third-order valence-electron chi connectivity index (χ3n) is 3.11. The number of nitrogens with zero attached hydrogens (tertiary/aromatic N) is 4. The summed E-state index contributed by atoms with van der Waals surface area (Å²) in [5.41, 5.74) is 0. The van der Waals surface area contributed by atoms with E-state index in [4.69, 9.17) is 4.74 Å². The van der Waals surface area contributed by atoms with Crippen LogP contribution in [0.2, 0.25) is 0 Å². The molecule has 20 heavy (non-hydrogen) atoms. The van der Waals surface area contributed by atoms with Gasteiger partial charge in [0.05, 0.1) is 12.6 Å². The van der Waals surface area contributed by atoms with E-state index in [9.17, 15) is 0 Å². The van der Waals surface area contributed by atoms with Gasteiger partial charge in [0.2, 0.25) is 5.95 Å². The van der Waals surface area contributed by atoms with E-state index in [0.29, 0.717) is 6.04 Å². The number of rotatable bonds is 9. The summed E-state index contributed by atoms with van der Waals surface area (Å²) >= 11 is 0. The number of ether oxygens (including phenoxy) is 1.